The van der Waals surface area contributed by atoms with Gasteiger partial charge in [0.05, 0.1) is 0 Å². The number of amides is 1. The van der Waals surface area contributed by atoms with Gasteiger partial charge in [-0.25, -0.2) is 0 Å². The van der Waals surface area contributed by atoms with Crippen LogP contribution in [0.1, 0.15) is 11.1 Å². The first-order valence-electron chi connectivity index (χ1n) is 6.30. The lowest BCUT2D eigenvalue weighted by Crippen LogP contribution is -2.20. The zero-order chi connectivity index (χ0) is 14.5. The third-order valence-corrected chi connectivity index (χ3v) is 3.16. The topological polar surface area (TPSA) is 38.3 Å². The Hall–Kier alpha value is -2.00. The molecule has 0 aliphatic rings. The number of para-hydroxylation sites is 1. The molecule has 20 heavy (non-hydrogen) atoms. The van der Waals surface area contributed by atoms with Gasteiger partial charge in [0.2, 0.25) is 0 Å². The lowest BCUT2D eigenvalue weighted by molar-refractivity contribution is -0.118. The molecule has 1 amide bonds. The van der Waals surface area contributed by atoms with Crippen LogP contribution in [0, 0.1) is 13.8 Å². The third kappa shape index (κ3) is 3.75. The van der Waals surface area contributed by atoms with Gasteiger partial charge in [-0.1, -0.05) is 35.9 Å². The zero-order valence-corrected chi connectivity index (χ0v) is 12.2. The fourth-order valence-corrected chi connectivity index (χ4v) is 1.95. The Bertz CT molecular complexity index is 626. The zero-order valence-electron chi connectivity index (χ0n) is 11.4. The van der Waals surface area contributed by atoms with Crippen molar-refractivity contribution in [3.05, 3.63) is 58.6 Å². The predicted molar refractivity (Wildman–Crippen MR) is 81.5 cm³/mol. The molecule has 0 aliphatic heterocycles. The monoisotopic (exact) mass is 289 g/mol. The molecule has 1 N–H and O–H groups in total. The Balaban J connectivity index is 1.96. The van der Waals surface area contributed by atoms with E-state index in [9.17, 15) is 4.79 Å². The molecule has 0 spiro atoms. The highest BCUT2D eigenvalue weighted by molar-refractivity contribution is 6.31. The summed E-state index contributed by atoms with van der Waals surface area (Å²) in [6.07, 6.45) is 0. The summed E-state index contributed by atoms with van der Waals surface area (Å²) in [4.78, 5) is 11.9. The Morgan fingerprint density at radius 3 is 2.65 bits per heavy atom. The molecule has 4 heteroatoms. The standard InChI is InChI=1S/C16H16ClNO2/c1-11-7-8-13(17)9-14(11)18-16(19)10-20-15-6-4-3-5-12(15)2/h3-9H,10H2,1-2H3,(H,18,19). The van der Waals surface area contributed by atoms with Crippen molar-refractivity contribution in [3.63, 3.8) is 0 Å². The number of nitrogens with one attached hydrogen (secondary N) is 1. The fourth-order valence-electron chi connectivity index (χ4n) is 1.78. The second kappa shape index (κ2) is 6.44. The summed E-state index contributed by atoms with van der Waals surface area (Å²) in [7, 11) is 0. The Morgan fingerprint density at radius 2 is 1.90 bits per heavy atom. The molecule has 0 aliphatic carbocycles. The minimum atomic E-state index is -0.210. The smallest absolute Gasteiger partial charge is 0.262 e. The summed E-state index contributed by atoms with van der Waals surface area (Å²) in [5.41, 5.74) is 2.66. The van der Waals surface area contributed by atoms with Crippen molar-refractivity contribution in [1.82, 2.24) is 0 Å². The van der Waals surface area contributed by atoms with Crippen LogP contribution >= 0.6 is 11.6 Å². The van der Waals surface area contributed by atoms with Crippen LogP contribution in [0.5, 0.6) is 5.75 Å². The predicted octanol–water partition coefficient (Wildman–Crippen LogP) is 3.97. The number of carbonyl (C=O) groups is 1. The molecule has 0 unspecified atom stereocenters. The summed E-state index contributed by atoms with van der Waals surface area (Å²) in [5.74, 6) is 0.504. The average molecular weight is 290 g/mol. The van der Waals surface area contributed by atoms with Crippen molar-refractivity contribution in [3.8, 4) is 5.75 Å². The molecule has 0 atom stereocenters. The summed E-state index contributed by atoms with van der Waals surface area (Å²) < 4.78 is 5.50. The fraction of sp³-hybridized carbons (Fsp3) is 0.188. The molecule has 0 aromatic heterocycles. The van der Waals surface area contributed by atoms with Gasteiger partial charge in [0, 0.05) is 10.7 Å². The Kier molecular flexibility index (Phi) is 4.64. The molecule has 0 radical (unpaired) electrons. The van der Waals surface area contributed by atoms with Crippen molar-refractivity contribution < 1.29 is 9.53 Å². The molecular formula is C16H16ClNO2. The summed E-state index contributed by atoms with van der Waals surface area (Å²) in [6, 6.07) is 13.0. The van der Waals surface area contributed by atoms with Crippen molar-refractivity contribution >= 4 is 23.2 Å². The summed E-state index contributed by atoms with van der Waals surface area (Å²) in [5, 5.41) is 3.38. The number of aryl methyl sites for hydroxylation is 2. The van der Waals surface area contributed by atoms with E-state index in [0.717, 1.165) is 11.1 Å². The normalized spacial score (nSPS) is 10.2. The molecule has 2 aromatic carbocycles. The molecular weight excluding hydrogens is 274 g/mol. The van der Waals surface area contributed by atoms with Gasteiger partial charge in [-0.3, -0.25) is 4.79 Å². The van der Waals surface area contributed by atoms with E-state index in [4.69, 9.17) is 16.3 Å². The van der Waals surface area contributed by atoms with Gasteiger partial charge in [0.15, 0.2) is 6.61 Å². The molecule has 0 saturated carbocycles. The molecule has 3 nitrogen and oxygen atoms in total. The van der Waals surface area contributed by atoms with Crippen LogP contribution in [0.4, 0.5) is 5.69 Å². The van der Waals surface area contributed by atoms with Crippen LogP contribution in [0.25, 0.3) is 0 Å². The van der Waals surface area contributed by atoms with E-state index in [-0.39, 0.29) is 12.5 Å². The van der Waals surface area contributed by atoms with Crippen molar-refractivity contribution in [1.29, 1.82) is 0 Å². The lowest BCUT2D eigenvalue weighted by Gasteiger charge is -2.11. The molecule has 0 bridgehead atoms. The van der Waals surface area contributed by atoms with Gasteiger partial charge in [-0.15, -0.1) is 0 Å². The van der Waals surface area contributed by atoms with E-state index >= 15 is 0 Å². The first-order chi connectivity index (χ1) is 9.56. The third-order valence-electron chi connectivity index (χ3n) is 2.93. The van der Waals surface area contributed by atoms with E-state index in [1.54, 1.807) is 12.1 Å². The maximum atomic E-state index is 11.9. The number of hydrogen-bond acceptors (Lipinski definition) is 2. The van der Waals surface area contributed by atoms with E-state index in [1.165, 1.54) is 0 Å². The van der Waals surface area contributed by atoms with E-state index in [0.29, 0.717) is 16.5 Å². The van der Waals surface area contributed by atoms with E-state index in [1.807, 2.05) is 44.2 Å². The maximum absolute atomic E-state index is 11.9. The molecule has 0 heterocycles. The highest BCUT2D eigenvalue weighted by Crippen LogP contribution is 2.20. The van der Waals surface area contributed by atoms with Gasteiger partial charge < -0.3 is 10.1 Å². The second-order valence-corrected chi connectivity index (χ2v) is 5.00. The van der Waals surface area contributed by atoms with Gasteiger partial charge in [-0.2, -0.15) is 0 Å². The number of halogens is 1. The van der Waals surface area contributed by atoms with Gasteiger partial charge in [0.1, 0.15) is 5.75 Å². The maximum Gasteiger partial charge on any atom is 0.262 e. The van der Waals surface area contributed by atoms with Crippen LogP contribution in [-0.4, -0.2) is 12.5 Å². The molecule has 0 saturated heterocycles. The van der Waals surface area contributed by atoms with E-state index in [2.05, 4.69) is 5.32 Å². The number of rotatable bonds is 4. The minimum absolute atomic E-state index is 0.0309. The number of carbonyl (C=O) groups excluding carboxylic acids is 1. The van der Waals surface area contributed by atoms with Crippen LogP contribution in [0.2, 0.25) is 5.02 Å². The average Bonchev–Trinajstić information content (AvgIpc) is 2.42. The van der Waals surface area contributed by atoms with Crippen LogP contribution in [0.3, 0.4) is 0 Å². The highest BCUT2D eigenvalue weighted by atomic mass is 35.5. The molecule has 0 fully saturated rings. The van der Waals surface area contributed by atoms with Gasteiger partial charge >= 0.3 is 0 Å². The van der Waals surface area contributed by atoms with Crippen LogP contribution in [-0.2, 0) is 4.79 Å². The molecule has 104 valence electrons. The van der Waals surface area contributed by atoms with Crippen molar-refractivity contribution in [2.24, 2.45) is 0 Å². The van der Waals surface area contributed by atoms with Crippen LogP contribution in [0.15, 0.2) is 42.5 Å². The number of anilines is 1. The Morgan fingerprint density at radius 1 is 1.15 bits per heavy atom. The lowest BCUT2D eigenvalue weighted by atomic mass is 10.2. The number of benzene rings is 2. The summed E-state index contributed by atoms with van der Waals surface area (Å²) >= 11 is 5.91. The molecule has 2 aromatic rings. The SMILES string of the molecule is Cc1ccc(Cl)cc1NC(=O)COc1ccccc1C. The highest BCUT2D eigenvalue weighted by Gasteiger charge is 2.07. The van der Waals surface area contributed by atoms with Gasteiger partial charge in [0.25, 0.3) is 5.91 Å². The van der Waals surface area contributed by atoms with Crippen LogP contribution < -0.4 is 10.1 Å². The Labute approximate surface area is 123 Å². The van der Waals surface area contributed by atoms with Gasteiger partial charge in [-0.05, 0) is 43.2 Å². The minimum Gasteiger partial charge on any atom is -0.483 e. The summed E-state index contributed by atoms with van der Waals surface area (Å²) in [6.45, 7) is 3.82. The molecule has 2 rings (SSSR count). The second-order valence-electron chi connectivity index (χ2n) is 4.56. The first kappa shape index (κ1) is 14.4. The largest absolute Gasteiger partial charge is 0.483 e. The van der Waals surface area contributed by atoms with Crippen molar-refractivity contribution in [2.45, 2.75) is 13.8 Å². The first-order valence-corrected chi connectivity index (χ1v) is 6.68. The van der Waals surface area contributed by atoms with Crippen molar-refractivity contribution in [2.75, 3.05) is 11.9 Å². The van der Waals surface area contributed by atoms with E-state index < -0.39 is 0 Å². The quantitative estimate of drug-likeness (QED) is 0.925. The number of ether oxygens (including phenoxy) is 1. The number of hydrogen-bond donors (Lipinski definition) is 1.